The third-order valence-corrected chi connectivity index (χ3v) is 6.99. The van der Waals surface area contributed by atoms with Crippen LogP contribution in [0.3, 0.4) is 0 Å². The van der Waals surface area contributed by atoms with Crippen molar-refractivity contribution in [3.05, 3.63) is 101 Å². The molecule has 2 amide bonds. The molecule has 1 saturated carbocycles. The van der Waals surface area contributed by atoms with E-state index in [0.717, 1.165) is 31.4 Å². The van der Waals surface area contributed by atoms with Crippen LogP contribution in [-0.4, -0.2) is 43.1 Å². The summed E-state index contributed by atoms with van der Waals surface area (Å²) in [6.07, 6.45) is -10.2. The summed E-state index contributed by atoms with van der Waals surface area (Å²) < 4.78 is 120. The van der Waals surface area contributed by atoms with Crippen molar-refractivity contribution in [2.75, 3.05) is 7.11 Å². The Labute approximate surface area is 240 Å². The molecule has 6 nitrogen and oxygen atoms in total. The average Bonchev–Trinajstić information content (AvgIpc) is 3.73. The number of urea groups is 1. The lowest BCUT2D eigenvalue weighted by molar-refractivity contribution is -0.253. The van der Waals surface area contributed by atoms with E-state index in [0.29, 0.717) is 11.6 Å². The minimum Gasteiger partial charge on any atom is -0.465 e. The predicted octanol–water partition coefficient (Wildman–Crippen LogP) is 6.33. The molecule has 0 aromatic heterocycles. The number of hydrogen-bond donors (Lipinski definition) is 2. The van der Waals surface area contributed by atoms with Gasteiger partial charge < -0.3 is 20.1 Å². The number of hydrogen-bond acceptors (Lipinski definition) is 4. The zero-order chi connectivity index (χ0) is 31.6. The first-order chi connectivity index (χ1) is 20.1. The van der Waals surface area contributed by atoms with Crippen molar-refractivity contribution in [2.45, 2.75) is 48.8 Å². The topological polar surface area (TPSA) is 76.7 Å². The zero-order valence-electron chi connectivity index (χ0n) is 22.3. The van der Waals surface area contributed by atoms with Gasteiger partial charge in [0.2, 0.25) is 0 Å². The molecule has 4 rings (SSSR count). The minimum atomic E-state index is -5.02. The molecule has 0 bridgehead atoms. The summed E-state index contributed by atoms with van der Waals surface area (Å²) in [6.45, 7) is 0. The van der Waals surface area contributed by atoms with Gasteiger partial charge in [0.15, 0.2) is 0 Å². The molecule has 0 unspecified atom stereocenters. The van der Waals surface area contributed by atoms with Crippen LogP contribution >= 0.6 is 0 Å². The Morgan fingerprint density at radius 2 is 1.51 bits per heavy atom. The largest absolute Gasteiger partial charge is 0.465 e. The molecule has 43 heavy (non-hydrogen) atoms. The van der Waals surface area contributed by atoms with Gasteiger partial charge in [-0.1, -0.05) is 42.5 Å². The van der Waals surface area contributed by atoms with Gasteiger partial charge in [-0.25, -0.2) is 18.4 Å². The highest BCUT2D eigenvalue weighted by Gasteiger charge is 2.68. The van der Waals surface area contributed by atoms with Crippen LogP contribution in [0.2, 0.25) is 0 Å². The first-order valence-electron chi connectivity index (χ1n) is 12.7. The number of nitrogens with one attached hydrogen (secondary N) is 2. The molecular formula is C29H24F8N2O4. The Balaban J connectivity index is 1.87. The fourth-order valence-corrected chi connectivity index (χ4v) is 4.67. The number of ether oxygens (including phenoxy) is 2. The molecule has 3 aromatic rings. The van der Waals surface area contributed by atoms with E-state index in [2.05, 4.69) is 20.1 Å². The standard InChI is InChI=1S/C29H24F8N2O4/c1-42-24(40)28(34,35)26(11-12-26)38-25(41)39-27(16-17-5-3-2-4-6-17,18-7-9-20(30)10-8-18)19-13-21(31)15-22(14-19)43-29(36,37)23(32)33/h2-10,13-15,23H,11-12,16H2,1H3,(H2,38,39,41)/t27-/m1/s1. The van der Waals surface area contributed by atoms with Gasteiger partial charge in [0, 0.05) is 12.5 Å². The zero-order valence-corrected chi connectivity index (χ0v) is 22.3. The summed E-state index contributed by atoms with van der Waals surface area (Å²) in [5, 5.41) is 4.56. The van der Waals surface area contributed by atoms with Crippen LogP contribution in [0.25, 0.3) is 0 Å². The maximum Gasteiger partial charge on any atom is 0.461 e. The smallest absolute Gasteiger partial charge is 0.461 e. The van der Waals surface area contributed by atoms with Gasteiger partial charge >= 0.3 is 30.5 Å². The molecule has 1 aliphatic carbocycles. The van der Waals surface area contributed by atoms with Crippen molar-refractivity contribution in [2.24, 2.45) is 0 Å². The molecular weight excluding hydrogens is 592 g/mol. The number of esters is 1. The molecule has 0 saturated heterocycles. The van der Waals surface area contributed by atoms with E-state index >= 15 is 0 Å². The third-order valence-electron chi connectivity index (χ3n) is 6.99. The number of benzene rings is 3. The lowest BCUT2D eigenvalue weighted by Gasteiger charge is -2.38. The lowest BCUT2D eigenvalue weighted by atomic mass is 9.77. The predicted molar refractivity (Wildman–Crippen MR) is 136 cm³/mol. The van der Waals surface area contributed by atoms with Gasteiger partial charge in [-0.15, -0.1) is 0 Å². The van der Waals surface area contributed by atoms with E-state index in [1.807, 2.05) is 0 Å². The molecule has 14 heteroatoms. The van der Waals surface area contributed by atoms with Gasteiger partial charge in [0.05, 0.1) is 12.6 Å². The maximum absolute atomic E-state index is 14.9. The highest BCUT2D eigenvalue weighted by Crippen LogP contribution is 2.49. The highest BCUT2D eigenvalue weighted by atomic mass is 19.3. The van der Waals surface area contributed by atoms with Gasteiger partial charge in [0.25, 0.3) is 0 Å². The lowest BCUT2D eigenvalue weighted by Crippen LogP contribution is -2.60. The number of halogens is 8. The second-order valence-electron chi connectivity index (χ2n) is 9.94. The normalized spacial score (nSPS) is 15.8. The molecule has 1 atom stereocenters. The SMILES string of the molecule is COC(=O)C(F)(F)C1(NC(=O)N[C@](Cc2ccccc2)(c2ccc(F)cc2)c2cc(F)cc(OC(F)(F)C(F)F)c2)CC1. The molecule has 0 heterocycles. The quantitative estimate of drug-likeness (QED) is 0.195. The van der Waals surface area contributed by atoms with Crippen LogP contribution in [0, 0.1) is 11.6 Å². The molecule has 0 aliphatic heterocycles. The van der Waals surface area contributed by atoms with Crippen molar-refractivity contribution >= 4 is 12.0 Å². The molecule has 1 aliphatic rings. The Morgan fingerprint density at radius 1 is 0.884 bits per heavy atom. The van der Waals surface area contributed by atoms with Crippen LogP contribution in [-0.2, 0) is 21.5 Å². The Hall–Kier alpha value is -4.36. The average molecular weight is 617 g/mol. The van der Waals surface area contributed by atoms with Crippen LogP contribution in [0.5, 0.6) is 5.75 Å². The fourth-order valence-electron chi connectivity index (χ4n) is 4.67. The van der Waals surface area contributed by atoms with E-state index in [1.54, 1.807) is 30.3 Å². The van der Waals surface area contributed by atoms with Crippen LogP contribution in [0.15, 0.2) is 72.8 Å². The minimum absolute atomic E-state index is 0.0228. The second kappa shape index (κ2) is 11.7. The van der Waals surface area contributed by atoms with E-state index in [1.165, 1.54) is 12.1 Å². The van der Waals surface area contributed by atoms with Gasteiger partial charge in [-0.3, -0.25) is 0 Å². The summed E-state index contributed by atoms with van der Waals surface area (Å²) in [5.41, 5.74) is -4.24. The first kappa shape index (κ1) is 31.6. The van der Waals surface area contributed by atoms with Crippen molar-refractivity contribution in [1.82, 2.24) is 10.6 Å². The second-order valence-corrected chi connectivity index (χ2v) is 9.94. The van der Waals surface area contributed by atoms with Crippen LogP contribution < -0.4 is 15.4 Å². The van der Waals surface area contributed by atoms with Crippen molar-refractivity contribution in [1.29, 1.82) is 0 Å². The van der Waals surface area contributed by atoms with Crippen molar-refractivity contribution in [3.8, 4) is 5.75 Å². The summed E-state index contributed by atoms with van der Waals surface area (Å²) in [5.74, 6) is -9.05. The van der Waals surface area contributed by atoms with Crippen LogP contribution in [0.4, 0.5) is 39.9 Å². The Morgan fingerprint density at radius 3 is 2.07 bits per heavy atom. The monoisotopic (exact) mass is 616 g/mol. The molecule has 0 radical (unpaired) electrons. The number of methoxy groups -OCH3 is 1. The number of carbonyl (C=O) groups excluding carboxylic acids is 2. The van der Waals surface area contributed by atoms with E-state index in [4.69, 9.17) is 0 Å². The summed E-state index contributed by atoms with van der Waals surface area (Å²) in [6, 6.07) is 13.0. The van der Waals surface area contributed by atoms with E-state index < -0.39 is 58.9 Å². The Bertz CT molecular complexity index is 1470. The maximum atomic E-state index is 14.9. The number of amides is 2. The van der Waals surface area contributed by atoms with Crippen molar-refractivity contribution < 1.29 is 54.2 Å². The number of rotatable bonds is 11. The highest BCUT2D eigenvalue weighted by molar-refractivity contribution is 5.84. The van der Waals surface area contributed by atoms with Gasteiger partial charge in [0.1, 0.15) is 22.9 Å². The van der Waals surface area contributed by atoms with Gasteiger partial charge in [-0.05, 0) is 53.8 Å². The molecule has 2 N–H and O–H groups in total. The summed E-state index contributed by atoms with van der Waals surface area (Å²) in [4.78, 5) is 25.2. The number of carbonyl (C=O) groups is 2. The molecule has 1 fully saturated rings. The fraction of sp³-hybridized carbons (Fsp3) is 0.310. The van der Waals surface area contributed by atoms with E-state index in [-0.39, 0.29) is 30.4 Å². The number of alkyl halides is 6. The van der Waals surface area contributed by atoms with Crippen LogP contribution in [0.1, 0.15) is 29.5 Å². The molecule has 3 aromatic carbocycles. The Kier molecular flexibility index (Phi) is 8.61. The molecule has 230 valence electrons. The van der Waals surface area contributed by atoms with Gasteiger partial charge in [-0.2, -0.15) is 26.3 Å². The summed E-state index contributed by atoms with van der Waals surface area (Å²) >= 11 is 0. The molecule has 0 spiro atoms. The first-order valence-corrected chi connectivity index (χ1v) is 12.7. The third kappa shape index (κ3) is 6.52. The summed E-state index contributed by atoms with van der Waals surface area (Å²) in [7, 11) is 0.743. The van der Waals surface area contributed by atoms with Crippen molar-refractivity contribution in [3.63, 3.8) is 0 Å². The van der Waals surface area contributed by atoms with E-state index in [9.17, 15) is 44.7 Å².